The van der Waals surface area contributed by atoms with Gasteiger partial charge in [-0.05, 0) is 23.6 Å². The zero-order chi connectivity index (χ0) is 12.0. The Kier molecular flexibility index (Phi) is 4.79. The Balaban J connectivity index is 2.43. The molecule has 0 atom stereocenters. The topological polar surface area (TPSA) is 61.5 Å². The van der Waals surface area contributed by atoms with Crippen molar-refractivity contribution in [1.82, 2.24) is 0 Å². The van der Waals surface area contributed by atoms with Gasteiger partial charge in [0, 0.05) is 6.54 Å². The minimum Gasteiger partial charge on any atom is -0.434 e. The van der Waals surface area contributed by atoms with Crippen molar-refractivity contribution < 1.29 is 14.3 Å². The molecule has 1 aromatic carbocycles. The second kappa shape index (κ2) is 6.12. The Morgan fingerprint density at radius 1 is 1.31 bits per heavy atom. The van der Waals surface area contributed by atoms with Gasteiger partial charge in [-0.2, -0.15) is 0 Å². The molecule has 0 saturated carbocycles. The van der Waals surface area contributed by atoms with Crippen molar-refractivity contribution in [2.45, 2.75) is 20.4 Å². The van der Waals surface area contributed by atoms with Crippen LogP contribution in [0.2, 0.25) is 0 Å². The molecule has 0 aliphatic carbocycles. The molecule has 0 spiro atoms. The van der Waals surface area contributed by atoms with Crippen molar-refractivity contribution >= 4 is 6.16 Å². The van der Waals surface area contributed by atoms with Gasteiger partial charge in [0.25, 0.3) is 0 Å². The first-order valence-corrected chi connectivity index (χ1v) is 5.25. The van der Waals surface area contributed by atoms with Gasteiger partial charge in [0.2, 0.25) is 0 Å². The molecule has 0 heterocycles. The first-order chi connectivity index (χ1) is 7.61. The molecule has 0 bridgehead atoms. The van der Waals surface area contributed by atoms with Gasteiger partial charge in [-0.3, -0.25) is 0 Å². The maximum atomic E-state index is 11.2. The number of ether oxygens (including phenoxy) is 2. The SMILES string of the molecule is CC(C)COC(=O)Oc1ccc(CN)cc1. The number of hydrogen-bond acceptors (Lipinski definition) is 4. The van der Waals surface area contributed by atoms with E-state index in [1.54, 1.807) is 12.1 Å². The van der Waals surface area contributed by atoms with Crippen molar-refractivity contribution in [1.29, 1.82) is 0 Å². The summed E-state index contributed by atoms with van der Waals surface area (Å²) in [6.45, 7) is 4.75. The molecule has 2 N–H and O–H groups in total. The van der Waals surface area contributed by atoms with Crippen LogP contribution in [-0.2, 0) is 11.3 Å². The Morgan fingerprint density at radius 3 is 2.44 bits per heavy atom. The Bertz CT molecular complexity index is 333. The van der Waals surface area contributed by atoms with Gasteiger partial charge < -0.3 is 15.2 Å². The van der Waals surface area contributed by atoms with E-state index >= 15 is 0 Å². The number of benzene rings is 1. The van der Waals surface area contributed by atoms with E-state index in [0.717, 1.165) is 5.56 Å². The number of carbonyl (C=O) groups is 1. The first-order valence-electron chi connectivity index (χ1n) is 5.25. The fourth-order valence-electron chi connectivity index (χ4n) is 1.05. The number of rotatable bonds is 4. The van der Waals surface area contributed by atoms with Crippen LogP contribution in [0.4, 0.5) is 4.79 Å². The second-order valence-corrected chi connectivity index (χ2v) is 3.90. The summed E-state index contributed by atoms with van der Waals surface area (Å²) in [5, 5.41) is 0. The molecule has 4 heteroatoms. The fraction of sp³-hybridized carbons (Fsp3) is 0.417. The molecule has 1 rings (SSSR count). The standard InChI is InChI=1S/C12H17NO3/c1-9(2)8-15-12(14)16-11-5-3-10(7-13)4-6-11/h3-6,9H,7-8,13H2,1-2H3. The van der Waals surface area contributed by atoms with Gasteiger partial charge in [-0.25, -0.2) is 4.79 Å². The zero-order valence-electron chi connectivity index (χ0n) is 9.60. The number of nitrogens with two attached hydrogens (primary N) is 1. The molecular weight excluding hydrogens is 206 g/mol. The van der Waals surface area contributed by atoms with E-state index in [4.69, 9.17) is 15.2 Å². The van der Waals surface area contributed by atoms with E-state index < -0.39 is 6.16 Å². The summed E-state index contributed by atoms with van der Waals surface area (Å²) in [5.74, 6) is 0.762. The summed E-state index contributed by atoms with van der Waals surface area (Å²) >= 11 is 0. The zero-order valence-corrected chi connectivity index (χ0v) is 9.60. The van der Waals surface area contributed by atoms with Crippen LogP contribution in [0.1, 0.15) is 19.4 Å². The summed E-state index contributed by atoms with van der Waals surface area (Å²) < 4.78 is 9.84. The van der Waals surface area contributed by atoms with Crippen LogP contribution in [0, 0.1) is 5.92 Å². The molecule has 0 saturated heterocycles. The van der Waals surface area contributed by atoms with E-state index in [1.165, 1.54) is 0 Å². The van der Waals surface area contributed by atoms with Gasteiger partial charge >= 0.3 is 6.16 Å². The minimum atomic E-state index is -0.672. The molecule has 0 aliphatic heterocycles. The summed E-state index contributed by atoms with van der Waals surface area (Å²) in [7, 11) is 0. The van der Waals surface area contributed by atoms with Crippen molar-refractivity contribution in [3.63, 3.8) is 0 Å². The van der Waals surface area contributed by atoms with Gasteiger partial charge in [0.15, 0.2) is 0 Å². The van der Waals surface area contributed by atoms with Crippen LogP contribution in [0.5, 0.6) is 5.75 Å². The second-order valence-electron chi connectivity index (χ2n) is 3.90. The molecule has 88 valence electrons. The van der Waals surface area contributed by atoms with Crippen LogP contribution in [0.3, 0.4) is 0 Å². The predicted molar refractivity (Wildman–Crippen MR) is 61.1 cm³/mol. The highest BCUT2D eigenvalue weighted by molar-refractivity contribution is 5.63. The van der Waals surface area contributed by atoms with Crippen LogP contribution < -0.4 is 10.5 Å². The van der Waals surface area contributed by atoms with Crippen LogP contribution in [0.25, 0.3) is 0 Å². The van der Waals surface area contributed by atoms with Crippen LogP contribution >= 0.6 is 0 Å². The average molecular weight is 223 g/mol. The van der Waals surface area contributed by atoms with Crippen molar-refractivity contribution in [2.75, 3.05) is 6.61 Å². The number of carbonyl (C=O) groups excluding carboxylic acids is 1. The van der Waals surface area contributed by atoms with Gasteiger partial charge in [-0.15, -0.1) is 0 Å². The first kappa shape index (κ1) is 12.5. The van der Waals surface area contributed by atoms with E-state index in [-0.39, 0.29) is 0 Å². The highest BCUT2D eigenvalue weighted by Crippen LogP contribution is 2.12. The van der Waals surface area contributed by atoms with Crippen molar-refractivity contribution in [2.24, 2.45) is 11.7 Å². The summed E-state index contributed by atoms with van der Waals surface area (Å²) in [5.41, 5.74) is 6.44. The third-order valence-electron chi connectivity index (χ3n) is 1.89. The Labute approximate surface area is 95.3 Å². The van der Waals surface area contributed by atoms with E-state index in [0.29, 0.717) is 24.8 Å². The predicted octanol–water partition coefficient (Wildman–Crippen LogP) is 2.32. The monoisotopic (exact) mass is 223 g/mol. The quantitative estimate of drug-likeness (QED) is 0.628. The summed E-state index contributed by atoms with van der Waals surface area (Å²) in [4.78, 5) is 11.2. The van der Waals surface area contributed by atoms with Crippen molar-refractivity contribution in [3.8, 4) is 5.75 Å². The fourth-order valence-corrected chi connectivity index (χ4v) is 1.05. The lowest BCUT2D eigenvalue weighted by atomic mass is 10.2. The lowest BCUT2D eigenvalue weighted by molar-refractivity contribution is 0.0885. The third-order valence-corrected chi connectivity index (χ3v) is 1.89. The molecule has 4 nitrogen and oxygen atoms in total. The van der Waals surface area contributed by atoms with Gasteiger partial charge in [0.05, 0.1) is 6.61 Å². The van der Waals surface area contributed by atoms with Crippen LogP contribution in [-0.4, -0.2) is 12.8 Å². The molecule has 0 aromatic heterocycles. The lowest BCUT2D eigenvalue weighted by Gasteiger charge is -2.07. The number of hydrogen-bond donors (Lipinski definition) is 1. The smallest absolute Gasteiger partial charge is 0.434 e. The molecule has 0 radical (unpaired) electrons. The van der Waals surface area contributed by atoms with Crippen molar-refractivity contribution in [3.05, 3.63) is 29.8 Å². The van der Waals surface area contributed by atoms with Crippen LogP contribution in [0.15, 0.2) is 24.3 Å². The molecule has 0 aliphatic rings. The van der Waals surface area contributed by atoms with E-state index in [9.17, 15) is 4.79 Å². The molecular formula is C12H17NO3. The summed E-state index contributed by atoms with van der Waals surface area (Å²) in [6.07, 6.45) is -0.672. The Morgan fingerprint density at radius 2 is 1.94 bits per heavy atom. The average Bonchev–Trinajstić information content (AvgIpc) is 2.27. The maximum Gasteiger partial charge on any atom is 0.513 e. The molecule has 0 fully saturated rings. The highest BCUT2D eigenvalue weighted by Gasteiger charge is 2.06. The summed E-state index contributed by atoms with van der Waals surface area (Å²) in [6, 6.07) is 7.01. The van der Waals surface area contributed by atoms with Gasteiger partial charge in [-0.1, -0.05) is 26.0 Å². The normalized spacial score (nSPS) is 10.2. The largest absolute Gasteiger partial charge is 0.513 e. The minimum absolute atomic E-state index is 0.298. The molecule has 16 heavy (non-hydrogen) atoms. The third kappa shape index (κ3) is 4.31. The lowest BCUT2D eigenvalue weighted by Crippen LogP contribution is -2.14. The maximum absolute atomic E-state index is 11.2. The van der Waals surface area contributed by atoms with Gasteiger partial charge in [0.1, 0.15) is 5.75 Å². The Hall–Kier alpha value is -1.55. The van der Waals surface area contributed by atoms with E-state index in [2.05, 4.69) is 0 Å². The highest BCUT2D eigenvalue weighted by atomic mass is 16.7. The van der Waals surface area contributed by atoms with E-state index in [1.807, 2.05) is 26.0 Å². The molecule has 0 amide bonds. The molecule has 0 unspecified atom stereocenters. The molecule has 1 aromatic rings.